The summed E-state index contributed by atoms with van der Waals surface area (Å²) < 4.78 is 74.9. The van der Waals surface area contributed by atoms with Crippen LogP contribution in [0.15, 0.2) is 0 Å². The Kier molecular flexibility index (Phi) is 24.0. The van der Waals surface area contributed by atoms with E-state index >= 15 is 0 Å². The van der Waals surface area contributed by atoms with Gasteiger partial charge in [0.25, 0.3) is 0 Å². The molecule has 37 heteroatoms. The van der Waals surface area contributed by atoms with Crippen LogP contribution in [0.25, 0.3) is 0 Å². The molecule has 482 valence electrons. The fourth-order valence-electron chi connectivity index (χ4n) is 10.7. The van der Waals surface area contributed by atoms with Gasteiger partial charge in [-0.3, -0.25) is 9.59 Å². The van der Waals surface area contributed by atoms with Gasteiger partial charge >= 0.3 is 0 Å². The van der Waals surface area contributed by atoms with Crippen LogP contribution in [0.1, 0.15) is 20.8 Å². The lowest BCUT2D eigenvalue weighted by atomic mass is 9.93. The van der Waals surface area contributed by atoms with E-state index in [-0.39, 0.29) is 0 Å². The largest absolute Gasteiger partial charge is 0.394 e. The van der Waals surface area contributed by atoms with Crippen molar-refractivity contribution in [2.24, 2.45) is 0 Å². The lowest BCUT2D eigenvalue weighted by Gasteiger charge is -2.51. The Morgan fingerprint density at radius 2 is 0.663 bits per heavy atom. The fourth-order valence-corrected chi connectivity index (χ4v) is 10.7. The Morgan fingerprint density at radius 3 is 1.16 bits per heavy atom. The van der Waals surface area contributed by atoms with Gasteiger partial charge in [0.2, 0.25) is 11.8 Å². The van der Waals surface area contributed by atoms with Gasteiger partial charge in [-0.05, 0) is 6.92 Å². The predicted molar refractivity (Wildman–Crippen MR) is 254 cm³/mol. The Hall–Kier alpha value is -2.38. The van der Waals surface area contributed by atoms with Crippen LogP contribution < -0.4 is 10.6 Å². The number of aliphatic hydroxyl groups excluding tert-OH is 20. The van der Waals surface area contributed by atoms with E-state index in [0.717, 1.165) is 13.8 Å². The van der Waals surface area contributed by atoms with Gasteiger partial charge in [0.1, 0.15) is 165 Å². The molecule has 7 heterocycles. The molecule has 0 radical (unpaired) electrons. The van der Waals surface area contributed by atoms with E-state index in [1.54, 1.807) is 0 Å². The van der Waals surface area contributed by atoms with Gasteiger partial charge in [-0.1, -0.05) is 0 Å². The van der Waals surface area contributed by atoms with Gasteiger partial charge in [-0.25, -0.2) is 0 Å². The number of ether oxygens (including phenoxy) is 13. The van der Waals surface area contributed by atoms with Crippen LogP contribution in [-0.4, -0.2) is 368 Å². The molecule has 35 atom stereocenters. The smallest absolute Gasteiger partial charge is 0.217 e. The summed E-state index contributed by atoms with van der Waals surface area (Å²) in [5, 5.41) is 221. The molecule has 0 aliphatic carbocycles. The van der Waals surface area contributed by atoms with E-state index in [9.17, 15) is 112 Å². The Labute approximate surface area is 470 Å². The van der Waals surface area contributed by atoms with Crippen molar-refractivity contribution in [3.8, 4) is 0 Å². The summed E-state index contributed by atoms with van der Waals surface area (Å²) >= 11 is 0. The molecule has 7 rings (SSSR count). The maximum Gasteiger partial charge on any atom is 0.217 e. The highest BCUT2D eigenvalue weighted by Gasteiger charge is 2.59. The van der Waals surface area contributed by atoms with Crippen LogP contribution >= 0.6 is 0 Å². The number of rotatable bonds is 20. The zero-order valence-corrected chi connectivity index (χ0v) is 44.5. The lowest BCUT2D eigenvalue weighted by molar-refractivity contribution is -0.391. The number of hydrogen-bond donors (Lipinski definition) is 22. The third-order valence-corrected chi connectivity index (χ3v) is 15.3. The summed E-state index contributed by atoms with van der Waals surface area (Å²) in [7, 11) is 0. The number of amides is 2. The zero-order chi connectivity index (χ0) is 61.2. The van der Waals surface area contributed by atoms with E-state index in [2.05, 4.69) is 10.6 Å². The van der Waals surface area contributed by atoms with Crippen molar-refractivity contribution in [1.29, 1.82) is 0 Å². The first-order valence-electron chi connectivity index (χ1n) is 26.5. The first-order chi connectivity index (χ1) is 39.2. The third kappa shape index (κ3) is 14.5. The van der Waals surface area contributed by atoms with Crippen molar-refractivity contribution in [2.45, 2.75) is 236 Å². The van der Waals surface area contributed by atoms with Gasteiger partial charge in [0.15, 0.2) is 44.0 Å². The van der Waals surface area contributed by atoms with Gasteiger partial charge in [-0.2, -0.15) is 0 Å². The van der Waals surface area contributed by atoms with Crippen LogP contribution in [0.2, 0.25) is 0 Å². The van der Waals surface area contributed by atoms with Crippen molar-refractivity contribution in [1.82, 2.24) is 10.6 Å². The van der Waals surface area contributed by atoms with Crippen molar-refractivity contribution in [3.05, 3.63) is 0 Å². The minimum atomic E-state index is -2.30. The molecule has 7 fully saturated rings. The summed E-state index contributed by atoms with van der Waals surface area (Å²) in [5.41, 5.74) is 0. The molecule has 22 N–H and O–H groups in total. The van der Waals surface area contributed by atoms with Crippen molar-refractivity contribution in [2.75, 3.05) is 39.6 Å². The van der Waals surface area contributed by atoms with Crippen LogP contribution in [-0.2, 0) is 71.2 Å². The predicted octanol–water partition coefficient (Wildman–Crippen LogP) is -15.0. The Balaban J connectivity index is 1.12. The molecule has 7 aliphatic heterocycles. The van der Waals surface area contributed by atoms with Crippen LogP contribution in [0.3, 0.4) is 0 Å². The number of aliphatic hydroxyl groups is 20. The van der Waals surface area contributed by atoms with Crippen LogP contribution in [0.4, 0.5) is 0 Å². The minimum Gasteiger partial charge on any atom is -0.394 e. The molecule has 0 bridgehead atoms. The summed E-state index contributed by atoms with van der Waals surface area (Å²) in [5.74, 6) is -1.78. The molecule has 0 spiro atoms. The lowest BCUT2D eigenvalue weighted by Crippen LogP contribution is -2.71. The fraction of sp³-hybridized carbons (Fsp3) is 0.957. The van der Waals surface area contributed by atoms with E-state index in [0.29, 0.717) is 0 Å². The number of carbonyl (C=O) groups is 2. The van der Waals surface area contributed by atoms with Crippen molar-refractivity contribution < 1.29 is 173 Å². The highest BCUT2D eigenvalue weighted by Crippen LogP contribution is 2.38. The van der Waals surface area contributed by atoms with E-state index in [1.165, 1.54) is 6.92 Å². The van der Waals surface area contributed by atoms with Gasteiger partial charge in [0, 0.05) is 13.8 Å². The molecule has 83 heavy (non-hydrogen) atoms. The number of nitrogens with one attached hydrogen (secondary N) is 2. The van der Waals surface area contributed by atoms with E-state index < -0.39 is 266 Å². The molecule has 0 saturated carbocycles. The summed E-state index contributed by atoms with van der Waals surface area (Å²) in [4.78, 5) is 25.6. The molecular weight excluding hydrogens is 1140 g/mol. The summed E-state index contributed by atoms with van der Waals surface area (Å²) in [6.45, 7) is -2.85. The van der Waals surface area contributed by atoms with Gasteiger partial charge in [-0.15, -0.1) is 0 Å². The third-order valence-electron chi connectivity index (χ3n) is 15.3. The average molecular weight is 1220 g/mol. The summed E-state index contributed by atoms with van der Waals surface area (Å²) in [6, 6.07) is -3.68. The molecule has 37 nitrogen and oxygen atoms in total. The second kappa shape index (κ2) is 29.3. The highest BCUT2D eigenvalue weighted by molar-refractivity contribution is 5.73. The van der Waals surface area contributed by atoms with Crippen molar-refractivity contribution >= 4 is 11.8 Å². The quantitative estimate of drug-likeness (QED) is 0.0538. The SMILES string of the molecule is CC(=O)N[C@H]1[C@H](O[C@H]2[C@@H](O)[C@@H](CO)O[C@@H](O[C@H]3[C@H](O)[C@@H](O)C(O)O[C@@H]3CO)[C@@H]2O)O[C@H](CO)[C@@H](O[C@@H]2O[C@H](CO)[C@H](O)[C@H](O[C@@H]3O[C@H](CO)[C@@H](O)[C@H](O[C@@H]4O[C@H](CO)[C@H](O)[C@H](O)[C@H]4O[C@@H]4O[C@@H](C)[C@@H](O)[C@@H](O)[C@@H]4O)[C@H]3NC(C)=O)[C@H]2O)[C@@H]1O. The Bertz CT molecular complexity index is 2050. The Morgan fingerprint density at radius 1 is 0.313 bits per heavy atom. The maximum atomic E-state index is 12.9. The minimum absolute atomic E-state index is 0.884. The topological polar surface area (TPSA) is 583 Å². The van der Waals surface area contributed by atoms with Gasteiger partial charge < -0.3 is 174 Å². The summed E-state index contributed by atoms with van der Waals surface area (Å²) in [6.07, 6.45) is -63.5. The molecule has 7 saturated heterocycles. The molecule has 2 amide bonds. The number of hydrogen-bond acceptors (Lipinski definition) is 35. The van der Waals surface area contributed by atoms with Gasteiger partial charge in [0.05, 0.1) is 45.7 Å². The molecule has 7 aliphatic rings. The zero-order valence-electron chi connectivity index (χ0n) is 44.5. The first kappa shape index (κ1) is 68.1. The molecular formula is C46H78N2O35. The first-order valence-corrected chi connectivity index (χ1v) is 26.5. The van der Waals surface area contributed by atoms with Crippen LogP contribution in [0, 0.1) is 0 Å². The normalized spacial score (nSPS) is 50.8. The average Bonchev–Trinajstić information content (AvgIpc) is 3.55. The van der Waals surface area contributed by atoms with E-state index in [4.69, 9.17) is 61.6 Å². The number of carbonyl (C=O) groups excluding carboxylic acids is 2. The molecule has 0 aromatic heterocycles. The standard InChI is InChI=1S/C46H78N2O35/c1-10-21(57)27(63)31(67)43(71-10)83-39-28(64)22(58)13(4-49)76-46(39)80-36-20(48-12(3)56)42(73-14(5-50)23(36)59)82-38-25(61)16(7-52)74-44(33(38)69)78-34-18(9-54)77-41(19(26(34)62)47-11(2)55)81-37-24(60)15(6-51)75-45(32(37)68)79-35-17(8-53)72-40(70)30(66)29(35)65/h10,13-46,49-54,57-70H,4-9H2,1-3H3,(H,47,55)(H,48,56)/t10-,13+,14+,15+,16+,17+,18+,19+,20+,21+,22-,23+,24-,25-,26+,27+,28-,29+,30+,31-,32+,33+,34+,35+,36+,37-,38-,39+,40?,41-,42-,43-,44-,45-,46-/m0/s1. The second-order valence-electron chi connectivity index (χ2n) is 21.0. The monoisotopic (exact) mass is 1220 g/mol. The van der Waals surface area contributed by atoms with E-state index in [1.807, 2.05) is 0 Å². The molecule has 0 aromatic rings. The molecule has 0 aromatic carbocycles. The maximum absolute atomic E-state index is 12.9. The highest BCUT2D eigenvalue weighted by atomic mass is 16.8. The van der Waals surface area contributed by atoms with Crippen LogP contribution in [0.5, 0.6) is 0 Å². The molecule has 1 unspecified atom stereocenters. The second-order valence-corrected chi connectivity index (χ2v) is 21.0. The van der Waals surface area contributed by atoms with Crippen molar-refractivity contribution in [3.63, 3.8) is 0 Å².